The van der Waals surface area contributed by atoms with Crippen LogP contribution in [0.15, 0.2) is 22.7 Å². The van der Waals surface area contributed by atoms with E-state index >= 15 is 0 Å². The molecule has 0 spiro atoms. The fourth-order valence-electron chi connectivity index (χ4n) is 0.610. The molecule has 0 aromatic heterocycles. The summed E-state index contributed by atoms with van der Waals surface area (Å²) < 4.78 is 0. The van der Waals surface area contributed by atoms with Crippen molar-refractivity contribution in [3.63, 3.8) is 0 Å². The average Bonchev–Trinajstić information content (AvgIpc) is 1.97. The molecule has 0 fully saturated rings. The lowest BCUT2D eigenvalue weighted by molar-refractivity contribution is 0.322. The van der Waals surface area contributed by atoms with Crippen LogP contribution in [0.1, 0.15) is 0 Å². The highest BCUT2D eigenvalue weighted by Crippen LogP contribution is 2.31. The van der Waals surface area contributed by atoms with Gasteiger partial charge in [0, 0.05) is 0 Å². The van der Waals surface area contributed by atoms with Crippen LogP contribution >= 0.6 is 0 Å². The summed E-state index contributed by atoms with van der Waals surface area (Å²) in [6.45, 7) is 0. The predicted octanol–water partition coefficient (Wildman–Crippen LogP) is -0.156. The molecule has 0 unspecified atom stereocenters. The quantitative estimate of drug-likeness (QED) is 0.456. The van der Waals surface area contributed by atoms with E-state index in [4.69, 9.17) is 10.2 Å². The van der Waals surface area contributed by atoms with Gasteiger partial charge in [0.1, 0.15) is 23.0 Å². The maximum Gasteiger partial charge on any atom is 0.179 e. The number of carbonyl (C=O) groups excluding carboxylic acids is 2. The maximum atomic E-state index is 9.85. The number of aliphatic hydroxyl groups is 2. The molecule has 0 heterocycles. The van der Waals surface area contributed by atoms with Crippen LogP contribution in [0.3, 0.4) is 0 Å². The van der Waals surface area contributed by atoms with Crippen LogP contribution in [0.2, 0.25) is 0 Å². The lowest BCUT2D eigenvalue weighted by Crippen LogP contribution is -2.13. The third-order valence-electron chi connectivity index (χ3n) is 1.15. The van der Waals surface area contributed by atoms with Crippen LogP contribution in [0.25, 0.3) is 0 Å². The number of allylic oxidation sites excluding steroid dienone is 2. The lowest BCUT2D eigenvalue weighted by atomic mass is 9.93. The molecule has 0 saturated carbocycles. The molecule has 50 valence electrons. The van der Waals surface area contributed by atoms with Crippen molar-refractivity contribution in [2.45, 2.75) is 0 Å². The van der Waals surface area contributed by atoms with Gasteiger partial charge < -0.3 is 10.2 Å². The molecule has 0 saturated heterocycles. The molecule has 1 aliphatic rings. The summed E-state index contributed by atoms with van der Waals surface area (Å²) in [5, 5.41) is 17.2. The molecular formula is C6H2O4. The Balaban J connectivity index is 3.35. The van der Waals surface area contributed by atoms with Crippen LogP contribution in [0.5, 0.6) is 0 Å². The number of hydrogen-bond acceptors (Lipinski definition) is 4. The van der Waals surface area contributed by atoms with Crippen molar-refractivity contribution in [2.75, 3.05) is 0 Å². The van der Waals surface area contributed by atoms with Crippen molar-refractivity contribution in [1.29, 1.82) is 0 Å². The summed E-state index contributed by atoms with van der Waals surface area (Å²) in [5.74, 6) is 1.38. The zero-order chi connectivity index (χ0) is 7.72. The van der Waals surface area contributed by atoms with E-state index in [0.29, 0.717) is 0 Å². The summed E-state index contributed by atoms with van der Waals surface area (Å²) in [5.41, 5.74) is -0.625. The second-order valence-electron chi connectivity index (χ2n) is 1.65. The molecule has 4 nitrogen and oxygen atoms in total. The van der Waals surface area contributed by atoms with Gasteiger partial charge in [-0.05, 0) is 0 Å². The van der Waals surface area contributed by atoms with E-state index < -0.39 is 11.5 Å². The lowest BCUT2D eigenvalue weighted by Gasteiger charge is -2.13. The van der Waals surface area contributed by atoms with Gasteiger partial charge in [-0.15, -0.1) is 0 Å². The molecule has 10 heavy (non-hydrogen) atoms. The van der Waals surface area contributed by atoms with E-state index in [1.807, 2.05) is 0 Å². The van der Waals surface area contributed by atoms with E-state index in [9.17, 15) is 9.59 Å². The molecule has 0 radical (unpaired) electrons. The Morgan fingerprint density at radius 3 is 1.40 bits per heavy atom. The number of hydrogen-bond donors (Lipinski definition) is 2. The Morgan fingerprint density at radius 1 is 0.900 bits per heavy atom. The van der Waals surface area contributed by atoms with Crippen LogP contribution < -0.4 is 0 Å². The first-order valence-electron chi connectivity index (χ1n) is 2.36. The van der Waals surface area contributed by atoms with Crippen molar-refractivity contribution in [3.8, 4) is 0 Å². The van der Waals surface area contributed by atoms with Gasteiger partial charge in [-0.1, -0.05) is 0 Å². The van der Waals surface area contributed by atoms with Crippen LogP contribution in [-0.2, 0) is 9.59 Å². The van der Waals surface area contributed by atoms with Gasteiger partial charge in [0.15, 0.2) is 11.5 Å². The van der Waals surface area contributed by atoms with E-state index in [2.05, 4.69) is 0 Å². The molecule has 0 aromatic carbocycles. The first-order valence-corrected chi connectivity index (χ1v) is 2.36. The van der Waals surface area contributed by atoms with Gasteiger partial charge in [-0.25, -0.2) is 9.59 Å². The third kappa shape index (κ3) is 0.515. The molecule has 0 aliphatic heterocycles. The smallest absolute Gasteiger partial charge is 0.179 e. The fraction of sp³-hybridized carbons (Fsp3) is 0. The second-order valence-corrected chi connectivity index (χ2v) is 1.65. The van der Waals surface area contributed by atoms with Gasteiger partial charge in [-0.3, -0.25) is 0 Å². The number of aliphatic hydroxyl groups excluding tert-OH is 2. The average molecular weight is 138 g/mol. The Bertz CT molecular complexity index is 279. The van der Waals surface area contributed by atoms with Gasteiger partial charge in [0.25, 0.3) is 0 Å². The van der Waals surface area contributed by atoms with Crippen LogP contribution in [0, 0.1) is 0 Å². The summed E-state index contributed by atoms with van der Waals surface area (Å²) in [6, 6.07) is 0. The van der Waals surface area contributed by atoms with E-state index in [1.54, 1.807) is 0 Å². The molecule has 0 aromatic rings. The minimum Gasteiger partial charge on any atom is -0.503 e. The summed E-state index contributed by atoms with van der Waals surface area (Å²) >= 11 is 0. The Labute approximate surface area is 55.4 Å². The normalized spacial score (nSPS) is 16.0. The van der Waals surface area contributed by atoms with Gasteiger partial charge in [0.2, 0.25) is 0 Å². The van der Waals surface area contributed by atoms with Gasteiger partial charge in [0.05, 0.1) is 0 Å². The largest absolute Gasteiger partial charge is 0.503 e. The van der Waals surface area contributed by atoms with Crippen molar-refractivity contribution in [1.82, 2.24) is 0 Å². The predicted molar refractivity (Wildman–Crippen MR) is 30.7 cm³/mol. The standard InChI is InChI=1S/C6H2O4/c7-1-3-4(2-8)6(10)5(3)9/h9-10H. The topological polar surface area (TPSA) is 74.6 Å². The Hall–Kier alpha value is -1.76. The number of rotatable bonds is 0. The molecule has 2 N–H and O–H groups in total. The van der Waals surface area contributed by atoms with Gasteiger partial charge >= 0.3 is 0 Å². The van der Waals surface area contributed by atoms with Crippen molar-refractivity contribution in [2.24, 2.45) is 0 Å². The molecule has 1 rings (SSSR count). The summed E-state index contributed by atoms with van der Waals surface area (Å²) in [6.07, 6.45) is 0. The molecule has 4 heteroatoms. The van der Waals surface area contributed by atoms with Crippen LogP contribution in [0.4, 0.5) is 0 Å². The Morgan fingerprint density at radius 2 is 1.20 bits per heavy atom. The minimum atomic E-state index is -0.589. The highest BCUT2D eigenvalue weighted by atomic mass is 16.3. The molecular weight excluding hydrogens is 136 g/mol. The molecule has 0 atom stereocenters. The second kappa shape index (κ2) is 1.88. The SMILES string of the molecule is O=C=C1C(=C=O)C(O)=C1O. The first kappa shape index (κ1) is 6.36. The third-order valence-corrected chi connectivity index (χ3v) is 1.15. The minimum absolute atomic E-state index is 0.312. The first-order chi connectivity index (χ1) is 4.72. The van der Waals surface area contributed by atoms with E-state index in [0.717, 1.165) is 0 Å². The highest BCUT2D eigenvalue weighted by molar-refractivity contribution is 5.87. The zero-order valence-electron chi connectivity index (χ0n) is 4.71. The summed E-state index contributed by atoms with van der Waals surface area (Å²) in [4.78, 5) is 19.7. The van der Waals surface area contributed by atoms with E-state index in [1.165, 1.54) is 11.9 Å². The van der Waals surface area contributed by atoms with Crippen molar-refractivity contribution >= 4 is 11.9 Å². The Kier molecular flexibility index (Phi) is 1.20. The molecule has 0 bridgehead atoms. The van der Waals surface area contributed by atoms with Gasteiger partial charge in [-0.2, -0.15) is 0 Å². The van der Waals surface area contributed by atoms with E-state index in [-0.39, 0.29) is 11.1 Å². The van der Waals surface area contributed by atoms with Crippen molar-refractivity contribution < 1.29 is 19.8 Å². The fourth-order valence-corrected chi connectivity index (χ4v) is 0.610. The van der Waals surface area contributed by atoms with Crippen molar-refractivity contribution in [3.05, 3.63) is 22.7 Å². The van der Waals surface area contributed by atoms with Crippen LogP contribution in [-0.4, -0.2) is 22.1 Å². The molecule has 1 aliphatic carbocycles. The molecule has 0 amide bonds. The maximum absolute atomic E-state index is 9.85. The highest BCUT2D eigenvalue weighted by Gasteiger charge is 2.32. The monoisotopic (exact) mass is 138 g/mol. The summed E-state index contributed by atoms with van der Waals surface area (Å²) in [7, 11) is 0. The zero-order valence-corrected chi connectivity index (χ0v) is 4.71.